The Balaban J connectivity index is 1.51. The molecule has 0 aliphatic carbocycles. The lowest BCUT2D eigenvalue weighted by atomic mass is 9.85. The maximum Gasteiger partial charge on any atom is 0.308 e. The first kappa shape index (κ1) is 48.6. The molecule has 10 unspecified atom stereocenters. The third-order valence-electron chi connectivity index (χ3n) is 11.1. The summed E-state index contributed by atoms with van der Waals surface area (Å²) in [5, 5.41) is 22.2. The van der Waals surface area contributed by atoms with E-state index in [9.17, 15) is 29.4 Å². The second-order valence-corrected chi connectivity index (χ2v) is 15.6. The first-order chi connectivity index (χ1) is 29.2. The molecule has 17 heteroatoms. The number of oxazole rings is 3. The van der Waals surface area contributed by atoms with Crippen molar-refractivity contribution in [2.45, 2.75) is 109 Å². The van der Waals surface area contributed by atoms with Crippen LogP contribution in [0.15, 0.2) is 62.5 Å². The lowest BCUT2D eigenvalue weighted by Gasteiger charge is -2.32. The van der Waals surface area contributed by atoms with Crippen molar-refractivity contribution in [2.75, 3.05) is 28.4 Å². The standard InChI is InChI=1S/C44H60N4O13/c1-26(17-18-36(53)27(2)37(55-6)15-11-19-48(5)25-49)38(56-7)21-39-28(3)34(51)14-10-16-40-45-32(23-58-40)43-47-33(24-60-43)44-46-31(22-59-44)42(57-8)29(4)35(52)13-9-12-30(50)20-41(54)61-39/h9-11,13,16,19,22-30,34,37-39,42,50-51H,12,14-15,17-18,20-21H2,1-8H3/b13-9+,16-10-,19-11+. The minimum Gasteiger partial charge on any atom is -0.462 e. The van der Waals surface area contributed by atoms with Crippen LogP contribution in [0.5, 0.6) is 0 Å². The molecule has 2 N–H and O–H groups in total. The lowest BCUT2D eigenvalue weighted by molar-refractivity contribution is -0.159. The number of carbonyl (C=O) groups excluding carboxylic acids is 4. The summed E-state index contributed by atoms with van der Waals surface area (Å²) in [6.45, 7) is 7.21. The van der Waals surface area contributed by atoms with E-state index in [0.29, 0.717) is 30.6 Å². The van der Waals surface area contributed by atoms with E-state index in [1.807, 2.05) is 13.8 Å². The molecule has 0 saturated carbocycles. The molecule has 0 spiro atoms. The van der Waals surface area contributed by atoms with Crippen molar-refractivity contribution in [3.63, 3.8) is 0 Å². The molecule has 0 aromatic carbocycles. The molecule has 3 aromatic rings. The van der Waals surface area contributed by atoms with Gasteiger partial charge in [0.25, 0.3) is 0 Å². The van der Waals surface area contributed by atoms with Crippen LogP contribution in [0.4, 0.5) is 0 Å². The molecule has 1 aliphatic rings. The number of hydrogen-bond acceptors (Lipinski definition) is 16. The number of methoxy groups -OCH3 is 3. The van der Waals surface area contributed by atoms with Gasteiger partial charge in [0.15, 0.2) is 17.2 Å². The highest BCUT2D eigenvalue weighted by Crippen LogP contribution is 2.31. The first-order valence-electron chi connectivity index (χ1n) is 20.4. The fraction of sp³-hybridized carbons (Fsp3) is 0.568. The predicted octanol–water partition coefficient (Wildman–Crippen LogP) is 5.93. The van der Waals surface area contributed by atoms with E-state index >= 15 is 0 Å². The monoisotopic (exact) mass is 852 g/mol. The number of aromatic nitrogens is 3. The number of fused-ring (bicyclic) bond motifs is 8. The summed E-state index contributed by atoms with van der Waals surface area (Å²) >= 11 is 0. The van der Waals surface area contributed by atoms with Crippen LogP contribution in [0.1, 0.15) is 90.3 Å². The van der Waals surface area contributed by atoms with Crippen molar-refractivity contribution in [1.82, 2.24) is 19.9 Å². The molecular weight excluding hydrogens is 792 g/mol. The van der Waals surface area contributed by atoms with Crippen molar-refractivity contribution in [3.05, 3.63) is 60.9 Å². The van der Waals surface area contributed by atoms with Gasteiger partial charge in [-0.2, -0.15) is 0 Å². The Morgan fingerprint density at radius 3 is 2.31 bits per heavy atom. The molecule has 0 saturated heterocycles. The number of esters is 1. The Morgan fingerprint density at radius 2 is 1.61 bits per heavy atom. The van der Waals surface area contributed by atoms with Gasteiger partial charge in [-0.25, -0.2) is 15.0 Å². The van der Waals surface area contributed by atoms with Crippen molar-refractivity contribution in [3.8, 4) is 23.2 Å². The molecule has 0 radical (unpaired) electrons. The number of ketones is 2. The number of nitrogens with zero attached hydrogens (tertiary/aromatic N) is 4. The van der Waals surface area contributed by atoms with E-state index in [-0.39, 0.29) is 79.1 Å². The topological polar surface area (TPSA) is 227 Å². The third-order valence-corrected chi connectivity index (χ3v) is 11.1. The maximum absolute atomic E-state index is 13.4. The van der Waals surface area contributed by atoms with Crippen molar-refractivity contribution in [2.24, 2.45) is 23.7 Å². The molecular formula is C44H60N4O13. The Bertz CT molecular complexity index is 1950. The van der Waals surface area contributed by atoms with Crippen molar-refractivity contribution >= 4 is 30.0 Å². The summed E-state index contributed by atoms with van der Waals surface area (Å²) in [6.07, 6.45) is 10.8. The van der Waals surface area contributed by atoms with Crippen LogP contribution in [-0.2, 0) is 38.1 Å². The number of hydrogen-bond donors (Lipinski definition) is 2. The maximum atomic E-state index is 13.4. The van der Waals surface area contributed by atoms with E-state index in [0.717, 1.165) is 0 Å². The second kappa shape index (κ2) is 23.8. The third kappa shape index (κ3) is 14.0. The van der Waals surface area contributed by atoms with Gasteiger partial charge >= 0.3 is 5.97 Å². The van der Waals surface area contributed by atoms with Gasteiger partial charge in [-0.1, -0.05) is 45.9 Å². The Kier molecular flexibility index (Phi) is 19.0. The number of ether oxygens (including phenoxy) is 4. The molecule has 4 rings (SSSR count). The minimum atomic E-state index is -1.16. The fourth-order valence-electron chi connectivity index (χ4n) is 7.02. The van der Waals surface area contributed by atoms with Crippen molar-refractivity contribution < 1.29 is 61.6 Å². The molecule has 1 amide bonds. The summed E-state index contributed by atoms with van der Waals surface area (Å²) in [6, 6.07) is 0. The number of allylic oxidation sites excluding steroid dienone is 1. The van der Waals surface area contributed by atoms with E-state index in [1.165, 1.54) is 43.0 Å². The number of cyclic esters (lactones) is 1. The van der Waals surface area contributed by atoms with Crippen LogP contribution in [0.3, 0.4) is 0 Å². The molecule has 3 aromatic heterocycles. The summed E-state index contributed by atoms with van der Waals surface area (Å²) < 4.78 is 39.9. The molecule has 6 bridgehead atoms. The highest BCUT2D eigenvalue weighted by molar-refractivity contribution is 5.92. The van der Waals surface area contributed by atoms with Crippen LogP contribution in [0, 0.1) is 23.7 Å². The second-order valence-electron chi connectivity index (χ2n) is 15.6. The molecule has 4 heterocycles. The average molecular weight is 853 g/mol. The highest BCUT2D eigenvalue weighted by atomic mass is 16.5. The number of rotatable bonds is 15. The highest BCUT2D eigenvalue weighted by Gasteiger charge is 2.33. The summed E-state index contributed by atoms with van der Waals surface area (Å²) in [5.74, 6) is -2.33. The number of aliphatic hydroxyl groups is 2. The van der Waals surface area contributed by atoms with Crippen LogP contribution in [0.2, 0.25) is 0 Å². The Hall–Kier alpha value is -5.07. The predicted molar refractivity (Wildman–Crippen MR) is 221 cm³/mol. The molecule has 1 aliphatic heterocycles. The van der Waals surface area contributed by atoms with E-state index in [2.05, 4.69) is 15.0 Å². The van der Waals surface area contributed by atoms with E-state index in [1.54, 1.807) is 59.5 Å². The van der Waals surface area contributed by atoms with Crippen LogP contribution in [-0.4, -0.2) is 113 Å². The van der Waals surface area contributed by atoms with Gasteiger partial charge in [0.05, 0.1) is 36.8 Å². The van der Waals surface area contributed by atoms with Gasteiger partial charge in [-0.3, -0.25) is 19.2 Å². The smallest absolute Gasteiger partial charge is 0.308 e. The SMILES string of the molecule is COC(CC1OC(=O)CC(O)C/C=C/C(=O)C(C)C(OC)c2coc(n2)-c2coc(n2)-c2coc(n2)/C=C\CC(O)C1C)C(C)CCC(=O)C(C)C(C/C=C/N(C)C=O)OC. The summed E-state index contributed by atoms with van der Waals surface area (Å²) in [7, 11) is 6.16. The molecule has 0 fully saturated rings. The van der Waals surface area contributed by atoms with Crippen LogP contribution >= 0.6 is 0 Å². The minimum absolute atomic E-state index is 0.00989. The van der Waals surface area contributed by atoms with Gasteiger partial charge in [-0.05, 0) is 43.8 Å². The van der Waals surface area contributed by atoms with Crippen molar-refractivity contribution in [1.29, 1.82) is 0 Å². The first-order valence-corrected chi connectivity index (χ1v) is 20.4. The zero-order chi connectivity index (χ0) is 44.6. The van der Waals surface area contributed by atoms with Gasteiger partial charge in [0.2, 0.25) is 24.1 Å². The Labute approximate surface area is 356 Å². The van der Waals surface area contributed by atoms with Gasteiger partial charge in [0, 0.05) is 59.3 Å². The largest absolute Gasteiger partial charge is 0.462 e. The lowest BCUT2D eigenvalue weighted by Crippen LogP contribution is -2.38. The summed E-state index contributed by atoms with van der Waals surface area (Å²) in [4.78, 5) is 65.4. The number of Topliss-reactive ketones (excluding diaryl/α,β-unsaturated/α-hetero) is 1. The van der Waals surface area contributed by atoms with E-state index in [4.69, 9.17) is 32.2 Å². The molecule has 10 atom stereocenters. The van der Waals surface area contributed by atoms with Gasteiger partial charge in [-0.15, -0.1) is 0 Å². The quantitative estimate of drug-likeness (QED) is 0.133. The normalized spacial score (nSPS) is 25.1. The number of carbonyl (C=O) groups is 4. The zero-order valence-corrected chi connectivity index (χ0v) is 36.2. The fourth-order valence-corrected chi connectivity index (χ4v) is 7.02. The average Bonchev–Trinajstić information content (AvgIpc) is 4.04. The van der Waals surface area contributed by atoms with Gasteiger partial charge in [0.1, 0.15) is 42.5 Å². The van der Waals surface area contributed by atoms with E-state index < -0.39 is 54.2 Å². The van der Waals surface area contributed by atoms with Crippen LogP contribution < -0.4 is 0 Å². The van der Waals surface area contributed by atoms with Gasteiger partial charge < -0.3 is 47.3 Å². The zero-order valence-electron chi connectivity index (χ0n) is 36.2. The Morgan fingerprint density at radius 1 is 0.934 bits per heavy atom. The number of aliphatic hydroxyl groups excluding tert-OH is 2. The number of amides is 1. The molecule has 61 heavy (non-hydrogen) atoms. The summed E-state index contributed by atoms with van der Waals surface area (Å²) in [5.41, 5.74) is 0.948. The van der Waals surface area contributed by atoms with Crippen LogP contribution in [0.25, 0.3) is 29.2 Å². The molecule has 17 nitrogen and oxygen atoms in total. The molecule has 334 valence electrons.